The lowest BCUT2D eigenvalue weighted by atomic mass is 10.0. The molecule has 0 aromatic carbocycles. The monoisotopic (exact) mass is 240 g/mol. The zero-order valence-corrected chi connectivity index (χ0v) is 9.48. The Bertz CT molecular complexity index is 215. The summed E-state index contributed by atoms with van der Waals surface area (Å²) in [5.41, 5.74) is -0.771. The number of rotatable bonds is 5. The van der Waals surface area contributed by atoms with Crippen LogP contribution in [-0.4, -0.2) is 55.0 Å². The lowest BCUT2D eigenvalue weighted by Gasteiger charge is -2.28. The largest absolute Gasteiger partial charge is 0.389 e. The minimum Gasteiger partial charge on any atom is -0.387 e. The lowest BCUT2D eigenvalue weighted by Crippen LogP contribution is -2.43. The van der Waals surface area contributed by atoms with Crippen molar-refractivity contribution in [2.45, 2.75) is 31.0 Å². The van der Waals surface area contributed by atoms with Gasteiger partial charge in [-0.3, -0.25) is 0 Å². The molecule has 0 radical (unpaired) electrons. The van der Waals surface area contributed by atoms with E-state index in [0.717, 1.165) is 6.54 Å². The van der Waals surface area contributed by atoms with Crippen molar-refractivity contribution >= 4 is 0 Å². The molecule has 0 aromatic rings. The second kappa shape index (κ2) is 5.33. The van der Waals surface area contributed by atoms with Crippen molar-refractivity contribution in [1.29, 1.82) is 0 Å². The van der Waals surface area contributed by atoms with Crippen molar-refractivity contribution in [1.82, 2.24) is 10.2 Å². The molecule has 6 heteroatoms. The number of β-amino-alcohol motifs (C(OH)–C–C–N with tert-alkyl or cyclic N) is 1. The molecule has 0 aliphatic carbocycles. The van der Waals surface area contributed by atoms with Crippen LogP contribution in [0.3, 0.4) is 0 Å². The molecule has 0 aromatic heterocycles. The minimum atomic E-state index is -4.08. The molecule has 1 atom stereocenters. The summed E-state index contributed by atoms with van der Waals surface area (Å²) in [6.07, 6.45) is -4.08. The Labute approximate surface area is 93.6 Å². The van der Waals surface area contributed by atoms with E-state index in [4.69, 9.17) is 0 Å². The Balaban J connectivity index is 2.18. The van der Waals surface area contributed by atoms with E-state index in [9.17, 15) is 18.3 Å². The van der Waals surface area contributed by atoms with Crippen molar-refractivity contribution in [2.24, 2.45) is 0 Å². The summed E-state index contributed by atoms with van der Waals surface area (Å²) in [4.78, 5) is 1.76. The van der Waals surface area contributed by atoms with Crippen LogP contribution in [0.25, 0.3) is 0 Å². The van der Waals surface area contributed by atoms with Gasteiger partial charge < -0.3 is 15.3 Å². The Kier molecular flexibility index (Phi) is 4.58. The number of aliphatic hydroxyl groups is 1. The van der Waals surface area contributed by atoms with Crippen LogP contribution < -0.4 is 5.32 Å². The number of nitrogens with one attached hydrogen (secondary N) is 1. The molecule has 1 unspecified atom stereocenters. The van der Waals surface area contributed by atoms with Gasteiger partial charge in [-0.15, -0.1) is 0 Å². The Morgan fingerprint density at radius 1 is 1.44 bits per heavy atom. The average Bonchev–Trinajstić information content (AvgIpc) is 2.49. The van der Waals surface area contributed by atoms with E-state index in [-0.39, 0.29) is 6.42 Å². The Morgan fingerprint density at radius 2 is 2.12 bits per heavy atom. The number of hydrogen-bond donors (Lipinski definition) is 2. The molecule has 1 fully saturated rings. The van der Waals surface area contributed by atoms with Gasteiger partial charge in [-0.1, -0.05) is 0 Å². The van der Waals surface area contributed by atoms with E-state index < -0.39 is 18.2 Å². The van der Waals surface area contributed by atoms with Crippen LogP contribution in [0.15, 0.2) is 0 Å². The van der Waals surface area contributed by atoms with Crippen molar-refractivity contribution in [3.63, 3.8) is 0 Å². The maximum absolute atomic E-state index is 11.9. The highest BCUT2D eigenvalue weighted by Crippen LogP contribution is 2.22. The van der Waals surface area contributed by atoms with Gasteiger partial charge >= 0.3 is 6.18 Å². The van der Waals surface area contributed by atoms with Crippen LogP contribution in [0, 0.1) is 0 Å². The molecule has 2 N–H and O–H groups in total. The van der Waals surface area contributed by atoms with Crippen molar-refractivity contribution < 1.29 is 18.3 Å². The van der Waals surface area contributed by atoms with Gasteiger partial charge in [0.1, 0.15) is 0 Å². The van der Waals surface area contributed by atoms with Crippen LogP contribution in [-0.2, 0) is 0 Å². The Hall–Kier alpha value is -0.330. The smallest absolute Gasteiger partial charge is 0.387 e. The molecule has 3 nitrogen and oxygen atoms in total. The normalized spacial score (nSPS) is 26.6. The molecule has 1 aliphatic heterocycles. The first kappa shape index (κ1) is 13.7. The predicted molar refractivity (Wildman–Crippen MR) is 55.2 cm³/mol. The fourth-order valence-electron chi connectivity index (χ4n) is 2.00. The third-order valence-electron chi connectivity index (χ3n) is 2.79. The minimum absolute atomic E-state index is 0.0868. The third-order valence-corrected chi connectivity index (χ3v) is 2.79. The Morgan fingerprint density at radius 3 is 2.62 bits per heavy atom. The van der Waals surface area contributed by atoms with E-state index in [1.165, 1.54) is 0 Å². The molecule has 0 saturated carbocycles. The number of alkyl halides is 3. The molecule has 1 saturated heterocycles. The van der Waals surface area contributed by atoms with E-state index in [2.05, 4.69) is 5.32 Å². The number of halogens is 3. The van der Waals surface area contributed by atoms with Gasteiger partial charge in [-0.05, 0) is 33.0 Å². The van der Waals surface area contributed by atoms with Crippen molar-refractivity contribution in [3.8, 4) is 0 Å². The maximum atomic E-state index is 11.9. The summed E-state index contributed by atoms with van der Waals surface area (Å²) in [5.74, 6) is 0. The molecule has 1 aliphatic rings. The van der Waals surface area contributed by atoms with Crippen LogP contribution >= 0.6 is 0 Å². The highest BCUT2D eigenvalue weighted by molar-refractivity contribution is 4.89. The van der Waals surface area contributed by atoms with Gasteiger partial charge in [-0.2, -0.15) is 13.2 Å². The van der Waals surface area contributed by atoms with Crippen LogP contribution in [0.5, 0.6) is 0 Å². The molecular weight excluding hydrogens is 221 g/mol. The van der Waals surface area contributed by atoms with Gasteiger partial charge in [0, 0.05) is 19.5 Å². The SMILES string of the molecule is CN(CCCC(F)(F)F)CC1(O)CCNC1. The molecule has 1 heterocycles. The summed E-state index contributed by atoms with van der Waals surface area (Å²) in [6.45, 7) is 2.09. The summed E-state index contributed by atoms with van der Waals surface area (Å²) < 4.78 is 35.7. The lowest BCUT2D eigenvalue weighted by molar-refractivity contribution is -0.136. The predicted octanol–water partition coefficient (Wildman–Crippen LogP) is 0.985. The van der Waals surface area contributed by atoms with Crippen molar-refractivity contribution in [2.75, 3.05) is 33.2 Å². The van der Waals surface area contributed by atoms with E-state index in [1.807, 2.05) is 0 Å². The van der Waals surface area contributed by atoms with E-state index in [1.54, 1.807) is 11.9 Å². The molecule has 96 valence electrons. The molecule has 0 amide bonds. The molecule has 0 spiro atoms. The quantitative estimate of drug-likeness (QED) is 0.752. The molecule has 16 heavy (non-hydrogen) atoms. The molecule has 1 rings (SSSR count). The fraction of sp³-hybridized carbons (Fsp3) is 1.00. The maximum Gasteiger partial charge on any atom is 0.389 e. The number of hydrogen-bond acceptors (Lipinski definition) is 3. The fourth-order valence-corrected chi connectivity index (χ4v) is 2.00. The van der Waals surface area contributed by atoms with Gasteiger partial charge in [0.05, 0.1) is 5.60 Å². The van der Waals surface area contributed by atoms with Crippen LogP contribution in [0.2, 0.25) is 0 Å². The standard InChI is InChI=1S/C10H19F3N2O/c1-15(6-2-3-10(11,12)13)8-9(16)4-5-14-7-9/h14,16H,2-8H2,1H3. The first-order chi connectivity index (χ1) is 7.31. The number of likely N-dealkylation sites (N-methyl/N-ethyl adjacent to an activating group) is 1. The van der Waals surface area contributed by atoms with Crippen molar-refractivity contribution in [3.05, 3.63) is 0 Å². The first-order valence-corrected chi connectivity index (χ1v) is 5.49. The first-order valence-electron chi connectivity index (χ1n) is 5.49. The van der Waals surface area contributed by atoms with Gasteiger partial charge in [0.25, 0.3) is 0 Å². The average molecular weight is 240 g/mol. The summed E-state index contributed by atoms with van der Waals surface area (Å²) >= 11 is 0. The summed E-state index contributed by atoms with van der Waals surface area (Å²) in [6, 6.07) is 0. The second-order valence-electron chi connectivity index (χ2n) is 4.61. The van der Waals surface area contributed by atoms with E-state index in [0.29, 0.717) is 26.1 Å². The van der Waals surface area contributed by atoms with E-state index >= 15 is 0 Å². The van der Waals surface area contributed by atoms with Gasteiger partial charge in [0.2, 0.25) is 0 Å². The zero-order chi connectivity index (χ0) is 12.2. The highest BCUT2D eigenvalue weighted by Gasteiger charge is 2.32. The zero-order valence-electron chi connectivity index (χ0n) is 9.48. The summed E-state index contributed by atoms with van der Waals surface area (Å²) in [5, 5.41) is 13.0. The molecule has 0 bridgehead atoms. The second-order valence-corrected chi connectivity index (χ2v) is 4.61. The number of nitrogens with zero attached hydrogens (tertiary/aromatic N) is 1. The third kappa shape index (κ3) is 5.14. The van der Waals surface area contributed by atoms with Crippen LogP contribution in [0.4, 0.5) is 13.2 Å². The topological polar surface area (TPSA) is 35.5 Å². The summed E-state index contributed by atoms with van der Waals surface area (Å²) in [7, 11) is 1.74. The highest BCUT2D eigenvalue weighted by atomic mass is 19.4. The van der Waals surface area contributed by atoms with Crippen LogP contribution in [0.1, 0.15) is 19.3 Å². The molecular formula is C10H19F3N2O. The van der Waals surface area contributed by atoms with Gasteiger partial charge in [0.15, 0.2) is 0 Å². The van der Waals surface area contributed by atoms with Gasteiger partial charge in [-0.25, -0.2) is 0 Å².